The topological polar surface area (TPSA) is 41.1 Å². The van der Waals surface area contributed by atoms with Gasteiger partial charge in [0.15, 0.2) is 0 Å². The van der Waals surface area contributed by atoms with Crippen LogP contribution < -0.4 is 10.2 Å². The van der Waals surface area contributed by atoms with Gasteiger partial charge >= 0.3 is 0 Å². The van der Waals surface area contributed by atoms with Crippen molar-refractivity contribution < 1.29 is 0 Å². The summed E-state index contributed by atoms with van der Waals surface area (Å²) in [5.74, 6) is 3.94. The minimum Gasteiger partial charge on any atom is -0.370 e. The molecule has 1 aromatic rings. The van der Waals surface area contributed by atoms with Gasteiger partial charge in [0, 0.05) is 31.6 Å². The highest BCUT2D eigenvalue weighted by atomic mass is 15.2. The molecule has 0 aliphatic carbocycles. The molecule has 1 fully saturated rings. The van der Waals surface area contributed by atoms with Gasteiger partial charge in [0.25, 0.3) is 0 Å². The van der Waals surface area contributed by atoms with Crippen LogP contribution in [0.1, 0.15) is 51.4 Å². The van der Waals surface area contributed by atoms with Gasteiger partial charge in [-0.25, -0.2) is 9.97 Å². The summed E-state index contributed by atoms with van der Waals surface area (Å²) in [6.45, 7) is 12.0. The highest BCUT2D eigenvalue weighted by Gasteiger charge is 2.24. The van der Waals surface area contributed by atoms with E-state index in [0.29, 0.717) is 0 Å². The minimum atomic E-state index is 0.821. The summed E-state index contributed by atoms with van der Waals surface area (Å²) < 4.78 is 0. The van der Waals surface area contributed by atoms with Crippen LogP contribution in [0.3, 0.4) is 0 Å². The van der Waals surface area contributed by atoms with E-state index in [1.165, 1.54) is 18.4 Å². The molecule has 1 aromatic heterocycles. The summed E-state index contributed by atoms with van der Waals surface area (Å²) >= 11 is 0. The van der Waals surface area contributed by atoms with Crippen LogP contribution in [-0.4, -0.2) is 29.6 Å². The number of aromatic nitrogens is 2. The highest BCUT2D eigenvalue weighted by Crippen LogP contribution is 2.29. The molecule has 0 amide bonds. The first-order valence-corrected chi connectivity index (χ1v) is 8.05. The first kappa shape index (κ1) is 15.1. The molecule has 0 spiro atoms. The molecule has 1 atom stereocenters. The number of nitrogens with zero attached hydrogens (tertiary/aromatic N) is 3. The van der Waals surface area contributed by atoms with E-state index in [4.69, 9.17) is 4.98 Å². The van der Waals surface area contributed by atoms with Crippen LogP contribution in [0.5, 0.6) is 0 Å². The lowest BCUT2D eigenvalue weighted by molar-refractivity contribution is 0.568. The van der Waals surface area contributed by atoms with Crippen LogP contribution in [0.2, 0.25) is 0 Å². The van der Waals surface area contributed by atoms with Crippen molar-refractivity contribution in [2.45, 2.75) is 53.4 Å². The molecule has 2 rings (SSSR count). The molecule has 4 heteroatoms. The normalized spacial score (nSPS) is 18.6. The number of rotatable bonds is 6. The van der Waals surface area contributed by atoms with Gasteiger partial charge in [-0.2, -0.15) is 0 Å². The molecule has 0 saturated carbocycles. The van der Waals surface area contributed by atoms with Crippen LogP contribution in [0, 0.1) is 12.8 Å². The maximum absolute atomic E-state index is 4.79. The van der Waals surface area contributed by atoms with Crippen LogP contribution >= 0.6 is 0 Å². The smallest absolute Gasteiger partial charge is 0.137 e. The van der Waals surface area contributed by atoms with Gasteiger partial charge in [0.05, 0.1) is 0 Å². The molecule has 2 heterocycles. The molecule has 1 saturated heterocycles. The number of hydrogen-bond donors (Lipinski definition) is 1. The zero-order valence-electron chi connectivity index (χ0n) is 13.4. The van der Waals surface area contributed by atoms with Crippen molar-refractivity contribution in [2.24, 2.45) is 5.92 Å². The van der Waals surface area contributed by atoms with E-state index in [1.807, 2.05) is 0 Å². The predicted octanol–water partition coefficient (Wildman–Crippen LogP) is 3.41. The third-order valence-electron chi connectivity index (χ3n) is 4.19. The summed E-state index contributed by atoms with van der Waals surface area (Å²) in [4.78, 5) is 11.9. The summed E-state index contributed by atoms with van der Waals surface area (Å²) in [5.41, 5.74) is 1.20. The monoisotopic (exact) mass is 276 g/mol. The second-order valence-electron chi connectivity index (χ2n) is 5.73. The summed E-state index contributed by atoms with van der Waals surface area (Å²) in [7, 11) is 0. The fraction of sp³-hybridized carbons (Fsp3) is 0.750. The molecule has 4 nitrogen and oxygen atoms in total. The maximum atomic E-state index is 4.79. The van der Waals surface area contributed by atoms with Crippen LogP contribution in [0.25, 0.3) is 0 Å². The number of anilines is 2. The second kappa shape index (κ2) is 6.91. The van der Waals surface area contributed by atoms with Crippen molar-refractivity contribution >= 4 is 11.6 Å². The first-order valence-electron chi connectivity index (χ1n) is 8.05. The van der Waals surface area contributed by atoms with E-state index in [9.17, 15) is 0 Å². The summed E-state index contributed by atoms with van der Waals surface area (Å²) in [6.07, 6.45) is 4.56. The van der Waals surface area contributed by atoms with Gasteiger partial charge in [-0.3, -0.25) is 0 Å². The molecule has 20 heavy (non-hydrogen) atoms. The quantitative estimate of drug-likeness (QED) is 0.864. The van der Waals surface area contributed by atoms with Gasteiger partial charge < -0.3 is 10.2 Å². The lowest BCUT2D eigenvalue weighted by Crippen LogP contribution is -2.23. The van der Waals surface area contributed by atoms with Gasteiger partial charge in [-0.1, -0.05) is 27.2 Å². The summed E-state index contributed by atoms with van der Waals surface area (Å²) in [5, 5.41) is 3.45. The Balaban J connectivity index is 2.26. The first-order chi connectivity index (χ1) is 9.69. The number of hydrogen-bond acceptors (Lipinski definition) is 4. The standard InChI is InChI=1S/C16H28N4/c1-5-9-17-15-12(4)16(19-14(7-3)18-15)20-10-8-13(6-2)11-20/h13H,5-11H2,1-4H3,(H,17,18,19). The summed E-state index contributed by atoms with van der Waals surface area (Å²) in [6, 6.07) is 0. The SMILES string of the molecule is CCCNc1nc(CC)nc(N2CCC(CC)C2)c1C. The molecule has 1 unspecified atom stereocenters. The van der Waals surface area contributed by atoms with Crippen molar-refractivity contribution in [3.05, 3.63) is 11.4 Å². The van der Waals surface area contributed by atoms with E-state index < -0.39 is 0 Å². The Bertz CT molecular complexity index is 444. The Labute approximate surface area is 123 Å². The van der Waals surface area contributed by atoms with E-state index >= 15 is 0 Å². The average Bonchev–Trinajstić information content (AvgIpc) is 2.95. The van der Waals surface area contributed by atoms with Crippen LogP contribution in [0.4, 0.5) is 11.6 Å². The molecule has 1 N–H and O–H groups in total. The van der Waals surface area contributed by atoms with E-state index in [0.717, 1.165) is 55.9 Å². The Kier molecular flexibility index (Phi) is 5.21. The minimum absolute atomic E-state index is 0.821. The van der Waals surface area contributed by atoms with Crippen LogP contribution in [-0.2, 0) is 6.42 Å². The van der Waals surface area contributed by atoms with Crippen molar-refractivity contribution in [3.8, 4) is 0 Å². The molecule has 0 bridgehead atoms. The third-order valence-corrected chi connectivity index (χ3v) is 4.19. The van der Waals surface area contributed by atoms with E-state index in [2.05, 4.69) is 42.9 Å². The van der Waals surface area contributed by atoms with Crippen LogP contribution in [0.15, 0.2) is 0 Å². The molecule has 0 aromatic carbocycles. The number of aryl methyl sites for hydroxylation is 1. The second-order valence-corrected chi connectivity index (χ2v) is 5.73. The van der Waals surface area contributed by atoms with E-state index in [-0.39, 0.29) is 0 Å². The fourth-order valence-corrected chi connectivity index (χ4v) is 2.79. The Morgan fingerprint density at radius 2 is 2.05 bits per heavy atom. The molecule has 112 valence electrons. The van der Waals surface area contributed by atoms with Gasteiger partial charge in [0.1, 0.15) is 17.5 Å². The van der Waals surface area contributed by atoms with Gasteiger partial charge in [-0.05, 0) is 25.7 Å². The molecular formula is C16H28N4. The Hall–Kier alpha value is -1.32. The van der Waals surface area contributed by atoms with Gasteiger partial charge in [-0.15, -0.1) is 0 Å². The Morgan fingerprint density at radius 3 is 2.65 bits per heavy atom. The average molecular weight is 276 g/mol. The Morgan fingerprint density at radius 1 is 1.25 bits per heavy atom. The fourth-order valence-electron chi connectivity index (χ4n) is 2.79. The lowest BCUT2D eigenvalue weighted by Gasteiger charge is -2.22. The van der Waals surface area contributed by atoms with Crippen molar-refractivity contribution in [1.82, 2.24) is 9.97 Å². The molecular weight excluding hydrogens is 248 g/mol. The number of nitrogens with one attached hydrogen (secondary N) is 1. The zero-order valence-corrected chi connectivity index (χ0v) is 13.4. The highest BCUT2D eigenvalue weighted by molar-refractivity contribution is 5.59. The van der Waals surface area contributed by atoms with Crippen molar-refractivity contribution in [2.75, 3.05) is 29.9 Å². The largest absolute Gasteiger partial charge is 0.370 e. The van der Waals surface area contributed by atoms with E-state index in [1.54, 1.807) is 0 Å². The molecule has 1 aliphatic heterocycles. The van der Waals surface area contributed by atoms with Crippen molar-refractivity contribution in [3.63, 3.8) is 0 Å². The van der Waals surface area contributed by atoms with Gasteiger partial charge in [0.2, 0.25) is 0 Å². The lowest BCUT2D eigenvalue weighted by atomic mass is 10.1. The third kappa shape index (κ3) is 3.22. The molecule has 0 radical (unpaired) electrons. The predicted molar refractivity (Wildman–Crippen MR) is 85.5 cm³/mol. The zero-order chi connectivity index (χ0) is 14.5. The van der Waals surface area contributed by atoms with Crippen molar-refractivity contribution in [1.29, 1.82) is 0 Å². The molecule has 1 aliphatic rings. The maximum Gasteiger partial charge on any atom is 0.137 e.